The second-order valence-corrected chi connectivity index (χ2v) is 8.70. The van der Waals surface area contributed by atoms with E-state index in [1.807, 2.05) is 30.3 Å². The highest BCUT2D eigenvalue weighted by molar-refractivity contribution is 7.87. The number of benzene rings is 3. The minimum absolute atomic E-state index is 0.0356. The molecule has 0 fully saturated rings. The van der Waals surface area contributed by atoms with Gasteiger partial charge in [-0.1, -0.05) is 30.3 Å². The number of hydrogen-bond donors (Lipinski definition) is 4. The maximum atomic E-state index is 12.7. The van der Waals surface area contributed by atoms with E-state index in [9.17, 15) is 13.2 Å². The van der Waals surface area contributed by atoms with Gasteiger partial charge in [-0.15, -0.1) is 0 Å². The quantitative estimate of drug-likeness (QED) is 0.291. The van der Waals surface area contributed by atoms with Crippen LogP contribution in [0.25, 0.3) is 11.0 Å². The van der Waals surface area contributed by atoms with Crippen molar-refractivity contribution in [2.45, 2.75) is 18.4 Å². The Morgan fingerprint density at radius 3 is 2.52 bits per heavy atom. The van der Waals surface area contributed by atoms with E-state index in [0.29, 0.717) is 24.1 Å². The zero-order valence-corrected chi connectivity index (χ0v) is 18.6. The summed E-state index contributed by atoms with van der Waals surface area (Å²) in [6.07, 6.45) is 0. The first-order valence-electron chi connectivity index (χ1n) is 10.3. The van der Waals surface area contributed by atoms with Crippen LogP contribution < -0.4 is 20.1 Å². The Hall–Kier alpha value is -4.05. The normalized spacial score (nSPS) is 11.2. The number of imidazole rings is 1. The highest BCUT2D eigenvalue weighted by Gasteiger charge is 2.17. The first-order valence-corrected chi connectivity index (χ1v) is 11.7. The maximum Gasteiger partial charge on any atom is 0.339 e. The number of anilines is 2. The summed E-state index contributed by atoms with van der Waals surface area (Å²) in [5.41, 5.74) is 2.99. The summed E-state index contributed by atoms with van der Waals surface area (Å²) in [7, 11) is -4.03. The van der Waals surface area contributed by atoms with Gasteiger partial charge in [-0.05, 0) is 48.9 Å². The number of aromatic nitrogens is 2. The molecule has 170 valence electrons. The number of hydrogen-bond acceptors (Lipinski definition) is 6. The zero-order chi connectivity index (χ0) is 23.3. The van der Waals surface area contributed by atoms with Gasteiger partial charge < -0.3 is 19.8 Å². The van der Waals surface area contributed by atoms with E-state index < -0.39 is 16.1 Å². The van der Waals surface area contributed by atoms with Gasteiger partial charge in [0.15, 0.2) is 0 Å². The van der Waals surface area contributed by atoms with E-state index >= 15 is 0 Å². The smallest absolute Gasteiger partial charge is 0.339 e. The fourth-order valence-corrected chi connectivity index (χ4v) is 4.05. The second kappa shape index (κ2) is 9.61. The van der Waals surface area contributed by atoms with Gasteiger partial charge in [0, 0.05) is 24.8 Å². The average molecular weight is 466 g/mol. The van der Waals surface area contributed by atoms with Crippen LogP contribution in [0.3, 0.4) is 0 Å². The molecule has 0 radical (unpaired) electrons. The van der Waals surface area contributed by atoms with Crippen molar-refractivity contribution in [1.82, 2.24) is 15.3 Å². The van der Waals surface area contributed by atoms with Crippen LogP contribution in [-0.4, -0.2) is 31.0 Å². The number of rotatable bonds is 8. The highest BCUT2D eigenvalue weighted by Crippen LogP contribution is 2.24. The number of aromatic amines is 1. The maximum absolute atomic E-state index is 12.7. The number of fused-ring (bicyclic) bond motifs is 1. The molecule has 3 aromatic carbocycles. The van der Waals surface area contributed by atoms with Crippen LogP contribution in [0, 0.1) is 0 Å². The first-order chi connectivity index (χ1) is 15.9. The number of nitrogens with one attached hydrogen (secondary N) is 4. The van der Waals surface area contributed by atoms with E-state index in [1.165, 1.54) is 24.3 Å². The number of urea groups is 1. The molecule has 0 bridgehead atoms. The largest absolute Gasteiger partial charge is 0.381 e. The minimum atomic E-state index is -4.03. The van der Waals surface area contributed by atoms with Gasteiger partial charge in [-0.2, -0.15) is 8.42 Å². The molecule has 1 heterocycles. The minimum Gasteiger partial charge on any atom is -0.381 e. The van der Waals surface area contributed by atoms with Gasteiger partial charge in [0.2, 0.25) is 5.95 Å². The number of carbonyl (C=O) groups is 1. The average Bonchev–Trinajstić information content (AvgIpc) is 3.20. The predicted octanol–water partition coefficient (Wildman–Crippen LogP) is 4.08. The molecule has 4 rings (SSSR count). The fraction of sp³-hybridized carbons (Fsp3) is 0.130. The Morgan fingerprint density at radius 1 is 1.03 bits per heavy atom. The van der Waals surface area contributed by atoms with Crippen LogP contribution in [0.5, 0.6) is 5.75 Å². The topological polar surface area (TPSA) is 125 Å². The van der Waals surface area contributed by atoms with E-state index in [4.69, 9.17) is 4.18 Å². The molecule has 1 aromatic heterocycles. The molecule has 4 aromatic rings. The van der Waals surface area contributed by atoms with Gasteiger partial charge in [0.05, 0.1) is 11.0 Å². The molecule has 0 aliphatic heterocycles. The standard InChI is InChI=1S/C23H23N5O4S/c1-2-24-23(29)28-22-26-20-13-10-18(14-21(20)27-22)32-33(30,31)19-11-8-17(9-12-19)25-15-16-6-4-3-5-7-16/h3-14,25H,2,15H2,1H3,(H3,24,26,27,28,29). The molecule has 2 amide bonds. The van der Waals surface area contributed by atoms with Crippen molar-refractivity contribution in [3.63, 3.8) is 0 Å². The van der Waals surface area contributed by atoms with Crippen molar-refractivity contribution in [3.8, 4) is 5.75 Å². The lowest BCUT2D eigenvalue weighted by Crippen LogP contribution is -2.28. The lowest BCUT2D eigenvalue weighted by atomic mass is 10.2. The van der Waals surface area contributed by atoms with Crippen molar-refractivity contribution >= 4 is 38.8 Å². The summed E-state index contributed by atoms with van der Waals surface area (Å²) in [4.78, 5) is 18.9. The third kappa shape index (κ3) is 5.60. The molecule has 0 spiro atoms. The summed E-state index contributed by atoms with van der Waals surface area (Å²) in [6, 6.07) is 20.5. The highest BCUT2D eigenvalue weighted by atomic mass is 32.2. The Kier molecular flexibility index (Phi) is 6.45. The van der Waals surface area contributed by atoms with Crippen LogP contribution in [0.2, 0.25) is 0 Å². The number of amides is 2. The number of H-pyrrole nitrogens is 1. The van der Waals surface area contributed by atoms with Gasteiger partial charge >= 0.3 is 16.1 Å². The summed E-state index contributed by atoms with van der Waals surface area (Å²) >= 11 is 0. The van der Waals surface area contributed by atoms with Crippen LogP contribution in [-0.2, 0) is 16.7 Å². The Labute approximate surface area is 191 Å². The Balaban J connectivity index is 1.43. The lowest BCUT2D eigenvalue weighted by Gasteiger charge is -2.09. The van der Waals surface area contributed by atoms with E-state index in [-0.39, 0.29) is 16.6 Å². The molecule has 10 heteroatoms. The van der Waals surface area contributed by atoms with Gasteiger partial charge in [0.25, 0.3) is 0 Å². The van der Waals surface area contributed by atoms with Crippen molar-refractivity contribution in [2.75, 3.05) is 17.2 Å². The van der Waals surface area contributed by atoms with E-state index in [0.717, 1.165) is 11.3 Å². The van der Waals surface area contributed by atoms with Gasteiger partial charge in [0.1, 0.15) is 10.6 Å². The zero-order valence-electron chi connectivity index (χ0n) is 17.8. The molecular weight excluding hydrogens is 442 g/mol. The van der Waals surface area contributed by atoms with Gasteiger partial charge in [-0.3, -0.25) is 5.32 Å². The molecule has 9 nitrogen and oxygen atoms in total. The van der Waals surface area contributed by atoms with Crippen molar-refractivity contribution < 1.29 is 17.4 Å². The number of nitrogens with zero attached hydrogens (tertiary/aromatic N) is 1. The molecule has 0 aliphatic carbocycles. The summed E-state index contributed by atoms with van der Waals surface area (Å²) in [6.45, 7) is 2.91. The third-order valence-electron chi connectivity index (χ3n) is 4.71. The van der Waals surface area contributed by atoms with Crippen molar-refractivity contribution in [3.05, 3.63) is 78.4 Å². The molecule has 0 atom stereocenters. The molecule has 0 saturated carbocycles. The van der Waals surface area contributed by atoms with Crippen LogP contribution in [0.1, 0.15) is 12.5 Å². The van der Waals surface area contributed by atoms with Gasteiger partial charge in [-0.25, -0.2) is 9.78 Å². The van der Waals surface area contributed by atoms with Crippen LogP contribution in [0.15, 0.2) is 77.7 Å². The third-order valence-corrected chi connectivity index (χ3v) is 5.97. The van der Waals surface area contributed by atoms with Crippen molar-refractivity contribution in [1.29, 1.82) is 0 Å². The molecule has 33 heavy (non-hydrogen) atoms. The van der Waals surface area contributed by atoms with E-state index in [1.54, 1.807) is 25.1 Å². The first kappa shape index (κ1) is 22.2. The van der Waals surface area contributed by atoms with Crippen LogP contribution >= 0.6 is 0 Å². The predicted molar refractivity (Wildman–Crippen MR) is 127 cm³/mol. The Morgan fingerprint density at radius 2 is 1.79 bits per heavy atom. The molecular formula is C23H23N5O4S. The van der Waals surface area contributed by atoms with E-state index in [2.05, 4.69) is 25.9 Å². The molecule has 0 saturated heterocycles. The molecule has 0 unspecified atom stereocenters. The van der Waals surface area contributed by atoms with Crippen LogP contribution in [0.4, 0.5) is 16.4 Å². The fourth-order valence-electron chi connectivity index (χ4n) is 3.12. The molecule has 4 N–H and O–H groups in total. The molecule has 0 aliphatic rings. The monoisotopic (exact) mass is 465 g/mol. The second-order valence-electron chi connectivity index (χ2n) is 7.15. The summed E-state index contributed by atoms with van der Waals surface area (Å²) in [5, 5.41) is 8.42. The lowest BCUT2D eigenvalue weighted by molar-refractivity contribution is 0.252. The SMILES string of the molecule is CCNC(=O)Nc1nc2cc(OS(=O)(=O)c3ccc(NCc4ccccc4)cc3)ccc2[nH]1. The summed E-state index contributed by atoms with van der Waals surface area (Å²) < 4.78 is 30.7. The number of carbonyl (C=O) groups excluding carboxylic acids is 1. The van der Waals surface area contributed by atoms with Crippen molar-refractivity contribution in [2.24, 2.45) is 0 Å². The Bertz CT molecular complexity index is 1350. The summed E-state index contributed by atoms with van der Waals surface area (Å²) in [5.74, 6) is 0.361.